The van der Waals surface area contributed by atoms with Gasteiger partial charge in [0.1, 0.15) is 11.6 Å². The van der Waals surface area contributed by atoms with Crippen molar-refractivity contribution in [2.45, 2.75) is 32.7 Å². The van der Waals surface area contributed by atoms with Crippen LogP contribution in [0.5, 0.6) is 0 Å². The number of carbonyl (C=O) groups is 1. The fraction of sp³-hybridized carbons (Fsp3) is 0.524. The number of amides is 1. The number of carbonyl (C=O) groups excluding carboxylic acids is 1. The molecule has 0 spiro atoms. The third-order valence-electron chi connectivity index (χ3n) is 5.77. The number of hydrogen-bond acceptors (Lipinski definition) is 7. The molecule has 2 fully saturated rings. The van der Waals surface area contributed by atoms with Crippen LogP contribution in [-0.2, 0) is 4.79 Å². The molecule has 2 aliphatic heterocycles. The molecule has 0 radical (unpaired) electrons. The number of piperazine rings is 1. The predicted octanol–water partition coefficient (Wildman–Crippen LogP) is 2.52. The fourth-order valence-electron chi connectivity index (χ4n) is 4.00. The molecular formula is C21H29N7O. The van der Waals surface area contributed by atoms with Crippen LogP contribution in [0, 0.1) is 5.92 Å². The molecule has 2 aromatic heterocycles. The van der Waals surface area contributed by atoms with Gasteiger partial charge in [0.2, 0.25) is 11.9 Å². The van der Waals surface area contributed by atoms with E-state index in [4.69, 9.17) is 0 Å². The maximum atomic E-state index is 12.4. The van der Waals surface area contributed by atoms with Gasteiger partial charge in [0, 0.05) is 44.8 Å². The summed E-state index contributed by atoms with van der Waals surface area (Å²) in [4.78, 5) is 32.3. The molecule has 1 N–H and O–H groups in total. The molecule has 2 saturated heterocycles. The Morgan fingerprint density at radius 2 is 1.90 bits per heavy atom. The second-order valence-electron chi connectivity index (χ2n) is 8.17. The molecule has 0 aliphatic carbocycles. The number of likely N-dealkylation sites (N-methyl/N-ethyl adjacent to an activating group) is 1. The van der Waals surface area contributed by atoms with Crippen LogP contribution in [0.4, 0.5) is 23.3 Å². The Morgan fingerprint density at radius 1 is 1.10 bits per heavy atom. The van der Waals surface area contributed by atoms with Gasteiger partial charge in [-0.3, -0.25) is 9.69 Å². The zero-order valence-electron chi connectivity index (χ0n) is 17.4. The highest BCUT2D eigenvalue weighted by molar-refractivity contribution is 5.95. The Hall–Kier alpha value is -2.74. The number of hydrogen-bond donors (Lipinski definition) is 1. The summed E-state index contributed by atoms with van der Waals surface area (Å²) in [5, 5.41) is 3.17. The van der Waals surface area contributed by atoms with Gasteiger partial charge in [0.15, 0.2) is 0 Å². The molecule has 2 aliphatic rings. The largest absolute Gasteiger partial charge is 0.368 e. The zero-order chi connectivity index (χ0) is 20.4. The Bertz CT molecular complexity index is 846. The van der Waals surface area contributed by atoms with Crippen molar-refractivity contribution in [2.24, 2.45) is 5.92 Å². The Balaban J connectivity index is 1.46. The molecule has 0 unspecified atom stereocenters. The minimum atomic E-state index is 0.128. The number of nitrogens with one attached hydrogen (secondary N) is 1. The van der Waals surface area contributed by atoms with E-state index >= 15 is 0 Å². The quantitative estimate of drug-likeness (QED) is 0.833. The smallest absolute Gasteiger partial charge is 0.230 e. The summed E-state index contributed by atoms with van der Waals surface area (Å²) in [6, 6.07) is 6.00. The Kier molecular flexibility index (Phi) is 5.62. The SMILES string of the molecule is CC(C)[C@H]1CCC(=O)N1c1ccnc(Nc2ccc(N3CCN(C)CC3)cn2)n1. The molecule has 0 saturated carbocycles. The van der Waals surface area contributed by atoms with Crippen LogP contribution >= 0.6 is 0 Å². The maximum Gasteiger partial charge on any atom is 0.230 e. The van der Waals surface area contributed by atoms with E-state index in [2.05, 4.69) is 57.0 Å². The number of rotatable bonds is 5. The average Bonchev–Trinajstić information content (AvgIpc) is 3.11. The fourth-order valence-corrected chi connectivity index (χ4v) is 4.00. The predicted molar refractivity (Wildman–Crippen MR) is 115 cm³/mol. The van der Waals surface area contributed by atoms with Crippen LogP contribution in [0.25, 0.3) is 0 Å². The van der Waals surface area contributed by atoms with E-state index in [-0.39, 0.29) is 11.9 Å². The van der Waals surface area contributed by atoms with Crippen LogP contribution in [0.2, 0.25) is 0 Å². The highest BCUT2D eigenvalue weighted by atomic mass is 16.2. The third kappa shape index (κ3) is 4.32. The summed E-state index contributed by atoms with van der Waals surface area (Å²) in [5.74, 6) is 2.30. The first-order valence-corrected chi connectivity index (χ1v) is 10.3. The molecule has 0 aromatic carbocycles. The van der Waals surface area contributed by atoms with Gasteiger partial charge in [-0.05, 0) is 37.6 Å². The van der Waals surface area contributed by atoms with Crippen LogP contribution in [-0.4, -0.2) is 65.0 Å². The van der Waals surface area contributed by atoms with Crippen molar-refractivity contribution < 1.29 is 4.79 Å². The molecule has 29 heavy (non-hydrogen) atoms. The summed E-state index contributed by atoms with van der Waals surface area (Å²) in [5.41, 5.74) is 1.13. The number of anilines is 4. The lowest BCUT2D eigenvalue weighted by Crippen LogP contribution is -2.44. The molecule has 4 heterocycles. The highest BCUT2D eigenvalue weighted by Crippen LogP contribution is 2.30. The van der Waals surface area contributed by atoms with Gasteiger partial charge in [0.05, 0.1) is 11.9 Å². The summed E-state index contributed by atoms with van der Waals surface area (Å²) < 4.78 is 0. The third-order valence-corrected chi connectivity index (χ3v) is 5.77. The molecule has 2 aromatic rings. The van der Waals surface area contributed by atoms with E-state index in [1.165, 1.54) is 0 Å². The number of aromatic nitrogens is 3. The lowest BCUT2D eigenvalue weighted by Gasteiger charge is -2.33. The van der Waals surface area contributed by atoms with E-state index in [0.29, 0.717) is 29.9 Å². The zero-order valence-corrected chi connectivity index (χ0v) is 17.4. The topological polar surface area (TPSA) is 77.5 Å². The monoisotopic (exact) mass is 395 g/mol. The van der Waals surface area contributed by atoms with Crippen molar-refractivity contribution in [3.63, 3.8) is 0 Å². The van der Waals surface area contributed by atoms with Gasteiger partial charge >= 0.3 is 0 Å². The molecule has 154 valence electrons. The molecule has 1 atom stereocenters. The Labute approximate surface area is 172 Å². The van der Waals surface area contributed by atoms with Crippen molar-refractivity contribution in [1.82, 2.24) is 19.9 Å². The minimum absolute atomic E-state index is 0.128. The van der Waals surface area contributed by atoms with E-state index in [1.807, 2.05) is 17.2 Å². The summed E-state index contributed by atoms with van der Waals surface area (Å²) in [6.45, 7) is 8.43. The lowest BCUT2D eigenvalue weighted by molar-refractivity contribution is -0.117. The van der Waals surface area contributed by atoms with Crippen LogP contribution in [0.3, 0.4) is 0 Å². The van der Waals surface area contributed by atoms with Gasteiger partial charge in [-0.1, -0.05) is 13.8 Å². The lowest BCUT2D eigenvalue weighted by atomic mass is 10.0. The van der Waals surface area contributed by atoms with Crippen molar-refractivity contribution >= 4 is 29.2 Å². The summed E-state index contributed by atoms with van der Waals surface area (Å²) >= 11 is 0. The summed E-state index contributed by atoms with van der Waals surface area (Å²) in [7, 11) is 2.15. The first-order chi connectivity index (χ1) is 14.0. The normalized spacial score (nSPS) is 20.6. The molecule has 8 nitrogen and oxygen atoms in total. The van der Waals surface area contributed by atoms with Crippen molar-refractivity contribution in [2.75, 3.05) is 48.3 Å². The highest BCUT2D eigenvalue weighted by Gasteiger charge is 2.35. The van der Waals surface area contributed by atoms with Gasteiger partial charge < -0.3 is 15.1 Å². The molecule has 4 rings (SSSR count). The van der Waals surface area contributed by atoms with Crippen LogP contribution < -0.4 is 15.1 Å². The van der Waals surface area contributed by atoms with E-state index in [9.17, 15) is 4.79 Å². The first kappa shape index (κ1) is 19.6. The van der Waals surface area contributed by atoms with Gasteiger partial charge in [-0.2, -0.15) is 4.98 Å². The van der Waals surface area contributed by atoms with Crippen LogP contribution in [0.15, 0.2) is 30.6 Å². The van der Waals surface area contributed by atoms with Gasteiger partial charge in [0.25, 0.3) is 0 Å². The number of pyridine rings is 1. The molecule has 0 bridgehead atoms. The molecule has 8 heteroatoms. The van der Waals surface area contributed by atoms with Gasteiger partial charge in [-0.25, -0.2) is 9.97 Å². The van der Waals surface area contributed by atoms with Crippen molar-refractivity contribution in [3.05, 3.63) is 30.6 Å². The van der Waals surface area contributed by atoms with E-state index in [1.54, 1.807) is 12.3 Å². The second kappa shape index (κ2) is 8.32. The van der Waals surface area contributed by atoms with Crippen LogP contribution in [0.1, 0.15) is 26.7 Å². The average molecular weight is 396 g/mol. The van der Waals surface area contributed by atoms with Crippen molar-refractivity contribution in [1.29, 1.82) is 0 Å². The second-order valence-corrected chi connectivity index (χ2v) is 8.17. The van der Waals surface area contributed by atoms with E-state index in [0.717, 1.165) is 38.3 Å². The minimum Gasteiger partial charge on any atom is -0.368 e. The van der Waals surface area contributed by atoms with Crippen molar-refractivity contribution in [3.8, 4) is 0 Å². The standard InChI is InChI=1S/C21H29N7O/c1-15(2)17-5-7-20(29)28(17)19-8-9-22-21(25-19)24-18-6-4-16(14-23-18)27-12-10-26(3)11-13-27/h4,6,8-9,14-15,17H,5,7,10-13H2,1-3H3,(H,22,23,24,25)/t17-/m1/s1. The maximum absolute atomic E-state index is 12.4. The number of nitrogens with zero attached hydrogens (tertiary/aromatic N) is 6. The Morgan fingerprint density at radius 3 is 2.59 bits per heavy atom. The summed E-state index contributed by atoms with van der Waals surface area (Å²) in [6.07, 6.45) is 5.02. The first-order valence-electron chi connectivity index (χ1n) is 10.3. The van der Waals surface area contributed by atoms with E-state index < -0.39 is 0 Å². The molecular weight excluding hydrogens is 366 g/mol. The van der Waals surface area contributed by atoms with Gasteiger partial charge in [-0.15, -0.1) is 0 Å². The molecule has 1 amide bonds.